The topological polar surface area (TPSA) is 70.8 Å². The summed E-state index contributed by atoms with van der Waals surface area (Å²) in [5.41, 5.74) is 5.47. The molecule has 2 rings (SSSR count). The monoisotopic (exact) mass is 271 g/mol. The summed E-state index contributed by atoms with van der Waals surface area (Å²) in [7, 11) is 0. The summed E-state index contributed by atoms with van der Waals surface area (Å²) < 4.78 is 16.1. The van der Waals surface area contributed by atoms with E-state index >= 15 is 0 Å². The van der Waals surface area contributed by atoms with Crippen LogP contribution in [0.3, 0.4) is 0 Å². The molecule has 0 spiro atoms. The fraction of sp³-hybridized carbons (Fsp3) is 0.929. The van der Waals surface area contributed by atoms with Crippen molar-refractivity contribution in [3.63, 3.8) is 0 Å². The van der Waals surface area contributed by atoms with Crippen molar-refractivity contribution >= 4 is 5.97 Å². The molecule has 3 unspecified atom stereocenters. The first-order valence-corrected chi connectivity index (χ1v) is 7.32. The van der Waals surface area contributed by atoms with Crippen LogP contribution in [0.1, 0.15) is 39.0 Å². The van der Waals surface area contributed by atoms with Gasteiger partial charge in [-0.05, 0) is 38.5 Å². The van der Waals surface area contributed by atoms with Gasteiger partial charge in [0.05, 0.1) is 19.3 Å². The molecular formula is C14H25NO4. The third-order valence-corrected chi connectivity index (χ3v) is 4.23. The third-order valence-electron chi connectivity index (χ3n) is 4.23. The number of carbonyl (C=O) groups excluding carboxylic acids is 1. The molecule has 1 saturated carbocycles. The average molecular weight is 271 g/mol. The van der Waals surface area contributed by atoms with Gasteiger partial charge in [0.1, 0.15) is 5.54 Å². The highest BCUT2D eigenvalue weighted by Gasteiger charge is 2.46. The molecule has 0 radical (unpaired) electrons. The molecule has 1 heterocycles. The maximum absolute atomic E-state index is 12.0. The summed E-state index contributed by atoms with van der Waals surface area (Å²) in [4.78, 5) is 12.0. The normalized spacial score (nSPS) is 34.6. The lowest BCUT2D eigenvalue weighted by Crippen LogP contribution is -2.52. The Morgan fingerprint density at radius 1 is 1.47 bits per heavy atom. The molecule has 19 heavy (non-hydrogen) atoms. The predicted octanol–water partition coefficient (Wildman–Crippen LogP) is 1.24. The van der Waals surface area contributed by atoms with Gasteiger partial charge >= 0.3 is 5.97 Å². The predicted molar refractivity (Wildman–Crippen MR) is 70.7 cm³/mol. The second kappa shape index (κ2) is 6.68. The molecular weight excluding hydrogens is 246 g/mol. The smallest absolute Gasteiger partial charge is 0.326 e. The second-order valence-electron chi connectivity index (χ2n) is 5.50. The highest BCUT2D eigenvalue weighted by molar-refractivity contribution is 5.81. The Labute approximate surface area is 114 Å². The molecule has 0 aromatic heterocycles. The molecule has 0 amide bonds. The van der Waals surface area contributed by atoms with Crippen LogP contribution in [0.15, 0.2) is 0 Å². The quantitative estimate of drug-likeness (QED) is 0.736. The van der Waals surface area contributed by atoms with Gasteiger partial charge < -0.3 is 19.9 Å². The van der Waals surface area contributed by atoms with E-state index in [1.807, 2.05) is 6.92 Å². The van der Waals surface area contributed by atoms with E-state index in [2.05, 4.69) is 0 Å². The number of rotatable bonds is 6. The standard InChI is InChI=1S/C14H25NO4/c1-2-18-13(16)14(15)7-3-4-11(14)5-9-19-12-6-8-17-10-12/h11-12H,2-10,15H2,1H3. The van der Waals surface area contributed by atoms with Crippen LogP contribution in [0.25, 0.3) is 0 Å². The number of esters is 1. The first kappa shape index (κ1) is 14.8. The highest BCUT2D eigenvalue weighted by Crippen LogP contribution is 2.37. The molecule has 2 aliphatic rings. The minimum Gasteiger partial charge on any atom is -0.465 e. The van der Waals surface area contributed by atoms with Crippen LogP contribution in [-0.2, 0) is 19.0 Å². The van der Waals surface area contributed by atoms with Crippen molar-refractivity contribution in [2.45, 2.75) is 50.7 Å². The lowest BCUT2D eigenvalue weighted by molar-refractivity contribution is -0.151. The van der Waals surface area contributed by atoms with Crippen molar-refractivity contribution < 1.29 is 19.0 Å². The lowest BCUT2D eigenvalue weighted by Gasteiger charge is -2.29. The fourth-order valence-corrected chi connectivity index (χ4v) is 3.06. The van der Waals surface area contributed by atoms with Gasteiger partial charge in [0, 0.05) is 13.2 Å². The minimum absolute atomic E-state index is 0.175. The molecule has 0 bridgehead atoms. The van der Waals surface area contributed by atoms with Crippen molar-refractivity contribution in [3.8, 4) is 0 Å². The summed E-state index contributed by atoms with van der Waals surface area (Å²) >= 11 is 0. The van der Waals surface area contributed by atoms with Gasteiger partial charge in [0.25, 0.3) is 0 Å². The van der Waals surface area contributed by atoms with E-state index in [0.717, 1.165) is 38.7 Å². The maximum Gasteiger partial charge on any atom is 0.326 e. The van der Waals surface area contributed by atoms with E-state index in [1.54, 1.807) is 0 Å². The van der Waals surface area contributed by atoms with E-state index in [-0.39, 0.29) is 18.0 Å². The second-order valence-corrected chi connectivity index (χ2v) is 5.50. The Morgan fingerprint density at radius 3 is 3.00 bits per heavy atom. The summed E-state index contributed by atoms with van der Waals surface area (Å²) in [6.45, 7) is 4.33. The Hall–Kier alpha value is -0.650. The van der Waals surface area contributed by atoms with Gasteiger partial charge in [0.2, 0.25) is 0 Å². The summed E-state index contributed by atoms with van der Waals surface area (Å²) in [5.74, 6) is -0.0735. The highest BCUT2D eigenvalue weighted by atomic mass is 16.5. The van der Waals surface area contributed by atoms with Crippen LogP contribution in [-0.4, -0.2) is 44.0 Å². The van der Waals surface area contributed by atoms with E-state index in [1.165, 1.54) is 0 Å². The van der Waals surface area contributed by atoms with Crippen molar-refractivity contribution in [2.24, 2.45) is 11.7 Å². The van der Waals surface area contributed by atoms with Crippen molar-refractivity contribution in [1.29, 1.82) is 0 Å². The zero-order chi connectivity index (χ0) is 13.7. The molecule has 5 nitrogen and oxygen atoms in total. The summed E-state index contributed by atoms with van der Waals surface area (Å²) in [6, 6.07) is 0. The van der Waals surface area contributed by atoms with Crippen molar-refractivity contribution in [3.05, 3.63) is 0 Å². The molecule has 0 aromatic carbocycles. The van der Waals surface area contributed by atoms with E-state index in [0.29, 0.717) is 19.8 Å². The zero-order valence-electron chi connectivity index (χ0n) is 11.7. The number of hydrogen-bond acceptors (Lipinski definition) is 5. The fourth-order valence-electron chi connectivity index (χ4n) is 3.06. The van der Waals surface area contributed by atoms with Gasteiger partial charge in [-0.1, -0.05) is 6.42 Å². The maximum atomic E-state index is 12.0. The number of hydrogen-bond donors (Lipinski definition) is 1. The van der Waals surface area contributed by atoms with Crippen molar-refractivity contribution in [2.75, 3.05) is 26.4 Å². The molecule has 2 fully saturated rings. The van der Waals surface area contributed by atoms with Crippen LogP contribution >= 0.6 is 0 Å². The number of nitrogens with two attached hydrogens (primary N) is 1. The Morgan fingerprint density at radius 2 is 2.32 bits per heavy atom. The van der Waals surface area contributed by atoms with Gasteiger partial charge in [-0.25, -0.2) is 0 Å². The third kappa shape index (κ3) is 3.46. The molecule has 110 valence electrons. The number of ether oxygens (including phenoxy) is 3. The van der Waals surface area contributed by atoms with E-state index in [4.69, 9.17) is 19.9 Å². The average Bonchev–Trinajstić information content (AvgIpc) is 3.01. The molecule has 1 saturated heterocycles. The van der Waals surface area contributed by atoms with E-state index in [9.17, 15) is 4.79 Å². The van der Waals surface area contributed by atoms with Gasteiger partial charge in [-0.15, -0.1) is 0 Å². The molecule has 1 aliphatic heterocycles. The van der Waals surface area contributed by atoms with Crippen LogP contribution < -0.4 is 5.73 Å². The summed E-state index contributed by atoms with van der Waals surface area (Å²) in [6.07, 6.45) is 4.72. The Balaban J connectivity index is 1.79. The van der Waals surface area contributed by atoms with Crippen molar-refractivity contribution in [1.82, 2.24) is 0 Å². The first-order valence-electron chi connectivity index (χ1n) is 7.32. The lowest BCUT2D eigenvalue weighted by atomic mass is 9.86. The SMILES string of the molecule is CCOC(=O)C1(N)CCCC1CCOC1CCOC1. The minimum atomic E-state index is -0.800. The molecule has 3 atom stereocenters. The van der Waals surface area contributed by atoms with E-state index < -0.39 is 5.54 Å². The molecule has 5 heteroatoms. The largest absolute Gasteiger partial charge is 0.465 e. The Bertz CT molecular complexity index is 304. The van der Waals surface area contributed by atoms with Gasteiger partial charge in [-0.2, -0.15) is 0 Å². The Kier molecular flexibility index (Phi) is 5.19. The first-order chi connectivity index (χ1) is 9.16. The van der Waals surface area contributed by atoms with Crippen LogP contribution in [0.5, 0.6) is 0 Å². The van der Waals surface area contributed by atoms with Crippen LogP contribution in [0, 0.1) is 5.92 Å². The zero-order valence-corrected chi connectivity index (χ0v) is 11.7. The number of carbonyl (C=O) groups is 1. The molecule has 2 N–H and O–H groups in total. The van der Waals surface area contributed by atoms with Gasteiger partial charge in [-0.3, -0.25) is 4.79 Å². The molecule has 0 aromatic rings. The van der Waals surface area contributed by atoms with Gasteiger partial charge in [0.15, 0.2) is 0 Å². The van der Waals surface area contributed by atoms with Crippen LogP contribution in [0.4, 0.5) is 0 Å². The molecule has 1 aliphatic carbocycles. The summed E-state index contributed by atoms with van der Waals surface area (Å²) in [5, 5.41) is 0. The van der Waals surface area contributed by atoms with Crippen LogP contribution in [0.2, 0.25) is 0 Å².